The van der Waals surface area contributed by atoms with Gasteiger partial charge in [0.1, 0.15) is 27.6 Å². The molecular weight excluding hydrogens is 330 g/mol. The Kier molecular flexibility index (Phi) is 8.01. The Morgan fingerprint density at radius 3 is 2.12 bits per heavy atom. The van der Waals surface area contributed by atoms with E-state index in [4.69, 9.17) is 4.74 Å². The van der Waals surface area contributed by atoms with Crippen molar-refractivity contribution in [3.8, 4) is 5.75 Å². The van der Waals surface area contributed by atoms with Gasteiger partial charge < -0.3 is 9.29 Å². The molecule has 4 heteroatoms. The summed E-state index contributed by atoms with van der Waals surface area (Å²) in [5.74, 6) is 1.43. The van der Waals surface area contributed by atoms with E-state index in [0.717, 1.165) is 23.6 Å². The summed E-state index contributed by atoms with van der Waals surface area (Å²) in [6, 6.07) is 8.00. The van der Waals surface area contributed by atoms with Gasteiger partial charge in [0.15, 0.2) is 0 Å². The highest BCUT2D eigenvalue weighted by Crippen LogP contribution is 2.27. The van der Waals surface area contributed by atoms with Crippen molar-refractivity contribution in [1.29, 1.82) is 0 Å². The summed E-state index contributed by atoms with van der Waals surface area (Å²) in [4.78, 5) is 0. The lowest BCUT2D eigenvalue weighted by Crippen LogP contribution is -2.30. The maximum absolute atomic E-state index is 12.5. The minimum Gasteiger partial charge on any atom is -0.591 e. The molecule has 1 rings (SSSR count). The third-order valence-electron chi connectivity index (χ3n) is 3.85. The number of hydrogen-bond acceptors (Lipinski definition) is 3. The second kappa shape index (κ2) is 9.09. The van der Waals surface area contributed by atoms with Crippen LogP contribution in [0.25, 0.3) is 0 Å². The third-order valence-corrected chi connectivity index (χ3v) is 5.25. The van der Waals surface area contributed by atoms with Gasteiger partial charge in [0.2, 0.25) is 0 Å². The van der Waals surface area contributed by atoms with Gasteiger partial charge in [0.25, 0.3) is 0 Å². The predicted octanol–water partition coefficient (Wildman–Crippen LogP) is 5.80. The molecule has 0 radical (unpaired) electrons. The van der Waals surface area contributed by atoms with E-state index in [1.165, 1.54) is 12.8 Å². The van der Waals surface area contributed by atoms with Gasteiger partial charge in [-0.1, -0.05) is 45.4 Å². The third kappa shape index (κ3) is 7.41. The molecule has 2 atom stereocenters. The first-order valence-electron chi connectivity index (χ1n) is 9.19. The van der Waals surface area contributed by atoms with Gasteiger partial charge in [-0.05, 0) is 57.4 Å². The molecule has 0 saturated carbocycles. The van der Waals surface area contributed by atoms with Crippen LogP contribution in [0.3, 0.4) is 0 Å². The SMILES string of the molecule is CCCC(C)COc1ccc(/C(=N/[S@@+]([O-])C(C)(C)C)C(C)(C)C)cc1. The Balaban J connectivity index is 2.97. The zero-order valence-electron chi connectivity index (χ0n) is 17.2. The predicted molar refractivity (Wildman–Crippen MR) is 110 cm³/mol. The molecule has 25 heavy (non-hydrogen) atoms. The Morgan fingerprint density at radius 2 is 1.68 bits per heavy atom. The zero-order chi connectivity index (χ0) is 19.3. The second-order valence-electron chi connectivity index (χ2n) is 8.78. The van der Waals surface area contributed by atoms with Crippen LogP contribution >= 0.6 is 0 Å². The van der Waals surface area contributed by atoms with Crippen LogP contribution in [0, 0.1) is 11.3 Å². The van der Waals surface area contributed by atoms with Gasteiger partial charge in [-0.15, -0.1) is 0 Å². The normalized spacial score (nSPS) is 15.8. The van der Waals surface area contributed by atoms with Crippen molar-refractivity contribution in [1.82, 2.24) is 0 Å². The second-order valence-corrected chi connectivity index (χ2v) is 10.7. The highest BCUT2D eigenvalue weighted by molar-refractivity contribution is 7.91. The smallest absolute Gasteiger partial charge is 0.144 e. The Morgan fingerprint density at radius 1 is 1.12 bits per heavy atom. The summed E-state index contributed by atoms with van der Waals surface area (Å²) in [7, 11) is 0. The van der Waals surface area contributed by atoms with Crippen LogP contribution in [0.5, 0.6) is 5.75 Å². The molecule has 1 aromatic carbocycles. The van der Waals surface area contributed by atoms with E-state index in [9.17, 15) is 4.55 Å². The lowest BCUT2D eigenvalue weighted by molar-refractivity contribution is 0.251. The van der Waals surface area contributed by atoms with Crippen molar-refractivity contribution in [2.75, 3.05) is 6.61 Å². The summed E-state index contributed by atoms with van der Waals surface area (Å²) < 4.78 is 22.6. The van der Waals surface area contributed by atoms with Gasteiger partial charge in [-0.25, -0.2) is 0 Å². The van der Waals surface area contributed by atoms with E-state index < -0.39 is 11.4 Å². The average molecular weight is 366 g/mol. The monoisotopic (exact) mass is 365 g/mol. The van der Waals surface area contributed by atoms with Gasteiger partial charge >= 0.3 is 0 Å². The number of benzene rings is 1. The molecule has 0 fully saturated rings. The van der Waals surface area contributed by atoms with Crippen molar-refractivity contribution in [3.05, 3.63) is 29.8 Å². The molecule has 1 unspecified atom stereocenters. The van der Waals surface area contributed by atoms with Crippen molar-refractivity contribution >= 4 is 17.1 Å². The lowest BCUT2D eigenvalue weighted by Gasteiger charge is -2.25. The fraction of sp³-hybridized carbons (Fsp3) is 0.667. The quantitative estimate of drug-likeness (QED) is 0.453. The highest BCUT2D eigenvalue weighted by atomic mass is 32.2. The standard InChI is InChI=1S/C21H35NO2S/c1-9-10-16(2)15-24-18-13-11-17(12-14-18)19(20(3,4)5)22-25(23)21(6,7)8/h11-14,16H,9-10,15H2,1-8H3/b22-19-/t16?,25-/m0/s1. The molecule has 0 amide bonds. The van der Waals surface area contributed by atoms with Gasteiger partial charge in [-0.2, -0.15) is 0 Å². The molecule has 142 valence electrons. The molecule has 3 nitrogen and oxygen atoms in total. The molecule has 0 aromatic heterocycles. The summed E-state index contributed by atoms with van der Waals surface area (Å²) >= 11 is -1.27. The summed E-state index contributed by atoms with van der Waals surface area (Å²) in [5, 5.41) is 0. The lowest BCUT2D eigenvalue weighted by atomic mass is 9.86. The highest BCUT2D eigenvalue weighted by Gasteiger charge is 2.31. The zero-order valence-corrected chi connectivity index (χ0v) is 18.0. The largest absolute Gasteiger partial charge is 0.591 e. The van der Waals surface area contributed by atoms with E-state index in [1.54, 1.807) is 0 Å². The van der Waals surface area contributed by atoms with Crippen molar-refractivity contribution < 1.29 is 9.29 Å². The van der Waals surface area contributed by atoms with Crippen LogP contribution in [0.2, 0.25) is 0 Å². The summed E-state index contributed by atoms with van der Waals surface area (Å²) in [6.45, 7) is 17.3. The number of hydrogen-bond donors (Lipinski definition) is 0. The first-order valence-corrected chi connectivity index (χ1v) is 10.3. The Labute approximate surface area is 157 Å². The Bertz CT molecular complexity index is 553. The van der Waals surface area contributed by atoms with Crippen molar-refractivity contribution in [2.24, 2.45) is 15.7 Å². The van der Waals surface area contributed by atoms with Gasteiger partial charge in [0.05, 0.1) is 6.61 Å². The minimum atomic E-state index is -1.27. The van der Waals surface area contributed by atoms with E-state index in [1.807, 2.05) is 45.0 Å². The van der Waals surface area contributed by atoms with Gasteiger partial charge in [-0.3, -0.25) is 0 Å². The fourth-order valence-corrected chi connectivity index (χ4v) is 3.19. The topological polar surface area (TPSA) is 44.6 Å². The van der Waals surface area contributed by atoms with Crippen molar-refractivity contribution in [2.45, 2.75) is 73.0 Å². The number of ether oxygens (including phenoxy) is 1. The van der Waals surface area contributed by atoms with Crippen LogP contribution in [0.15, 0.2) is 28.7 Å². The molecule has 0 spiro atoms. The number of nitrogens with zero attached hydrogens (tertiary/aromatic N) is 1. The first-order chi connectivity index (χ1) is 11.4. The molecule has 0 aliphatic heterocycles. The van der Waals surface area contributed by atoms with Crippen LogP contribution in [-0.4, -0.2) is 21.6 Å². The number of rotatable bonds is 7. The van der Waals surface area contributed by atoms with Crippen LogP contribution in [0.1, 0.15) is 73.8 Å². The molecule has 0 N–H and O–H groups in total. The molecule has 0 aliphatic rings. The first kappa shape index (κ1) is 22.0. The van der Waals surface area contributed by atoms with Crippen LogP contribution in [0.4, 0.5) is 0 Å². The van der Waals surface area contributed by atoms with Crippen LogP contribution in [-0.2, 0) is 11.4 Å². The molecule has 0 bridgehead atoms. The summed E-state index contributed by atoms with van der Waals surface area (Å²) in [5.41, 5.74) is 1.68. The molecule has 0 saturated heterocycles. The van der Waals surface area contributed by atoms with Crippen LogP contribution < -0.4 is 4.74 Å². The Hall–Kier alpha value is -1.00. The molecule has 0 aliphatic carbocycles. The maximum atomic E-state index is 12.5. The average Bonchev–Trinajstić information content (AvgIpc) is 2.49. The molecule has 1 aromatic rings. The fourth-order valence-electron chi connectivity index (χ4n) is 2.37. The minimum absolute atomic E-state index is 0.182. The van der Waals surface area contributed by atoms with Gasteiger partial charge in [0, 0.05) is 11.0 Å². The molecular formula is C21H35NO2S. The van der Waals surface area contributed by atoms with E-state index >= 15 is 0 Å². The maximum Gasteiger partial charge on any atom is 0.144 e. The van der Waals surface area contributed by atoms with E-state index in [2.05, 4.69) is 39.0 Å². The van der Waals surface area contributed by atoms with E-state index in [0.29, 0.717) is 5.92 Å². The summed E-state index contributed by atoms with van der Waals surface area (Å²) in [6.07, 6.45) is 2.36. The van der Waals surface area contributed by atoms with Crippen molar-refractivity contribution in [3.63, 3.8) is 0 Å². The molecule has 0 heterocycles. The van der Waals surface area contributed by atoms with E-state index in [-0.39, 0.29) is 10.2 Å².